The Kier molecular flexibility index (Phi) is 10.1. The molecule has 0 radical (unpaired) electrons. The normalized spacial score (nSPS) is 10.2. The van der Waals surface area contributed by atoms with E-state index in [4.69, 9.17) is 20.1 Å². The standard InChI is InChI=1S/C11H17NO2.C4H4O4/c1-12(7-8-13)9-10-3-5-11(14-2)6-4-10;5-3(6)1-2-4(7)8/h3-6,13H,7-9H2,1-2H3;1-2H,(H,5,6)(H,7,8)/b;2-1+. The van der Waals surface area contributed by atoms with E-state index in [9.17, 15) is 9.59 Å². The zero-order valence-electron chi connectivity index (χ0n) is 12.6. The SMILES string of the molecule is COc1ccc(CN(C)CCO)cc1.O=C(O)/C=C/C(=O)O. The van der Waals surface area contributed by atoms with Crippen LogP contribution in [-0.2, 0) is 16.1 Å². The third kappa shape index (κ3) is 10.4. The van der Waals surface area contributed by atoms with Crippen LogP contribution in [0.5, 0.6) is 5.75 Å². The first-order chi connectivity index (χ1) is 10.4. The van der Waals surface area contributed by atoms with E-state index in [0.29, 0.717) is 18.7 Å². The minimum atomic E-state index is -1.26. The molecule has 0 aromatic heterocycles. The van der Waals surface area contributed by atoms with Crippen molar-refractivity contribution in [1.29, 1.82) is 0 Å². The van der Waals surface area contributed by atoms with Crippen LogP contribution in [0.3, 0.4) is 0 Å². The minimum absolute atomic E-state index is 0.201. The van der Waals surface area contributed by atoms with Crippen molar-refractivity contribution in [3.8, 4) is 5.75 Å². The third-order valence-electron chi connectivity index (χ3n) is 2.46. The molecule has 0 aliphatic heterocycles. The van der Waals surface area contributed by atoms with Crippen LogP contribution in [0, 0.1) is 0 Å². The lowest BCUT2D eigenvalue weighted by Gasteiger charge is -2.14. The number of aliphatic carboxylic acids is 2. The topological polar surface area (TPSA) is 107 Å². The van der Waals surface area contributed by atoms with Crippen molar-refractivity contribution in [1.82, 2.24) is 4.90 Å². The summed E-state index contributed by atoms with van der Waals surface area (Å²) >= 11 is 0. The Balaban J connectivity index is 0.000000472. The summed E-state index contributed by atoms with van der Waals surface area (Å²) in [5, 5.41) is 24.4. The highest BCUT2D eigenvalue weighted by atomic mass is 16.5. The fourth-order valence-corrected chi connectivity index (χ4v) is 1.43. The van der Waals surface area contributed by atoms with Crippen LogP contribution in [0.2, 0.25) is 0 Å². The minimum Gasteiger partial charge on any atom is -0.497 e. The van der Waals surface area contributed by atoms with E-state index in [-0.39, 0.29) is 6.61 Å². The van der Waals surface area contributed by atoms with Gasteiger partial charge in [0.15, 0.2) is 0 Å². The van der Waals surface area contributed by atoms with Gasteiger partial charge in [-0.05, 0) is 24.7 Å². The summed E-state index contributed by atoms with van der Waals surface area (Å²) in [5.74, 6) is -1.64. The summed E-state index contributed by atoms with van der Waals surface area (Å²) in [5.41, 5.74) is 1.22. The Morgan fingerprint density at radius 1 is 1.14 bits per heavy atom. The molecule has 0 unspecified atom stereocenters. The van der Waals surface area contributed by atoms with Crippen molar-refractivity contribution in [2.45, 2.75) is 6.54 Å². The van der Waals surface area contributed by atoms with E-state index in [1.807, 2.05) is 31.3 Å². The van der Waals surface area contributed by atoms with Crippen LogP contribution in [0.1, 0.15) is 5.56 Å². The molecule has 1 rings (SSSR count). The molecule has 22 heavy (non-hydrogen) atoms. The molecular formula is C15H21NO6. The molecule has 1 aromatic rings. The highest BCUT2D eigenvalue weighted by Crippen LogP contribution is 2.12. The second kappa shape index (κ2) is 11.3. The van der Waals surface area contributed by atoms with Gasteiger partial charge in [-0.2, -0.15) is 0 Å². The van der Waals surface area contributed by atoms with E-state index in [2.05, 4.69) is 4.90 Å². The van der Waals surface area contributed by atoms with Gasteiger partial charge in [0.1, 0.15) is 5.75 Å². The molecule has 0 spiro atoms. The predicted molar refractivity (Wildman–Crippen MR) is 80.8 cm³/mol. The fourth-order valence-electron chi connectivity index (χ4n) is 1.43. The summed E-state index contributed by atoms with van der Waals surface area (Å²) in [6.45, 7) is 1.75. The monoisotopic (exact) mass is 311 g/mol. The van der Waals surface area contributed by atoms with Gasteiger partial charge in [-0.25, -0.2) is 9.59 Å². The summed E-state index contributed by atoms with van der Waals surface area (Å²) in [6, 6.07) is 7.96. The van der Waals surface area contributed by atoms with Gasteiger partial charge in [0, 0.05) is 25.2 Å². The maximum atomic E-state index is 9.55. The number of benzene rings is 1. The number of carbonyl (C=O) groups is 2. The molecule has 7 nitrogen and oxygen atoms in total. The fraction of sp³-hybridized carbons (Fsp3) is 0.333. The van der Waals surface area contributed by atoms with Crippen LogP contribution < -0.4 is 4.74 Å². The van der Waals surface area contributed by atoms with Gasteiger partial charge in [0.2, 0.25) is 0 Å². The van der Waals surface area contributed by atoms with Gasteiger partial charge < -0.3 is 20.1 Å². The molecule has 0 bridgehead atoms. The average Bonchev–Trinajstić information content (AvgIpc) is 2.47. The molecule has 0 saturated heterocycles. The number of nitrogens with zero attached hydrogens (tertiary/aromatic N) is 1. The van der Waals surface area contributed by atoms with Gasteiger partial charge in [-0.15, -0.1) is 0 Å². The zero-order chi connectivity index (χ0) is 17.0. The van der Waals surface area contributed by atoms with Crippen molar-refractivity contribution in [2.75, 3.05) is 27.3 Å². The highest BCUT2D eigenvalue weighted by Gasteiger charge is 1.99. The molecule has 1 aromatic carbocycles. The third-order valence-corrected chi connectivity index (χ3v) is 2.46. The molecule has 0 atom stereocenters. The Bertz CT molecular complexity index is 467. The first-order valence-electron chi connectivity index (χ1n) is 6.45. The van der Waals surface area contributed by atoms with Crippen molar-refractivity contribution >= 4 is 11.9 Å². The van der Waals surface area contributed by atoms with Crippen molar-refractivity contribution in [2.24, 2.45) is 0 Å². The first kappa shape index (κ1) is 19.6. The molecule has 0 saturated carbocycles. The number of hydrogen-bond acceptors (Lipinski definition) is 5. The number of methoxy groups -OCH3 is 1. The van der Waals surface area contributed by atoms with E-state index in [0.717, 1.165) is 12.3 Å². The molecular weight excluding hydrogens is 290 g/mol. The maximum Gasteiger partial charge on any atom is 0.328 e. The number of hydrogen-bond donors (Lipinski definition) is 3. The second-order valence-corrected chi connectivity index (χ2v) is 4.32. The predicted octanol–water partition coefficient (Wildman–Crippen LogP) is 0.831. The zero-order valence-corrected chi connectivity index (χ0v) is 12.6. The van der Waals surface area contributed by atoms with E-state index in [1.165, 1.54) is 5.56 Å². The van der Waals surface area contributed by atoms with Crippen LogP contribution in [0.15, 0.2) is 36.4 Å². The Morgan fingerprint density at radius 3 is 2.00 bits per heavy atom. The van der Waals surface area contributed by atoms with Gasteiger partial charge in [0.05, 0.1) is 13.7 Å². The van der Waals surface area contributed by atoms with Crippen molar-refractivity contribution < 1.29 is 29.6 Å². The number of carboxylic acid groups (broad SMARTS) is 2. The lowest BCUT2D eigenvalue weighted by Crippen LogP contribution is -2.21. The quantitative estimate of drug-likeness (QED) is 0.640. The van der Waals surface area contributed by atoms with Crippen LogP contribution >= 0.6 is 0 Å². The Labute approximate surface area is 129 Å². The lowest BCUT2D eigenvalue weighted by atomic mass is 10.2. The van der Waals surface area contributed by atoms with Crippen molar-refractivity contribution in [3.63, 3.8) is 0 Å². The van der Waals surface area contributed by atoms with E-state index >= 15 is 0 Å². The highest BCUT2D eigenvalue weighted by molar-refractivity contribution is 5.89. The molecule has 3 N–H and O–H groups in total. The summed E-state index contributed by atoms with van der Waals surface area (Å²) in [4.78, 5) is 21.2. The van der Waals surface area contributed by atoms with Crippen LogP contribution in [0.25, 0.3) is 0 Å². The molecule has 0 amide bonds. The molecule has 0 aliphatic rings. The number of rotatable bonds is 7. The second-order valence-electron chi connectivity index (χ2n) is 4.32. The molecule has 7 heteroatoms. The number of carboxylic acids is 2. The summed E-state index contributed by atoms with van der Waals surface area (Å²) in [7, 11) is 3.65. The largest absolute Gasteiger partial charge is 0.497 e. The Hall–Kier alpha value is -2.38. The van der Waals surface area contributed by atoms with Gasteiger partial charge in [0.25, 0.3) is 0 Å². The number of aliphatic hydroxyl groups is 1. The summed E-state index contributed by atoms with van der Waals surface area (Å²) in [6.07, 6.45) is 1.12. The van der Waals surface area contributed by atoms with E-state index in [1.54, 1.807) is 7.11 Å². The number of aliphatic hydroxyl groups excluding tert-OH is 1. The number of likely N-dealkylation sites (N-methyl/N-ethyl adjacent to an activating group) is 1. The van der Waals surface area contributed by atoms with Crippen molar-refractivity contribution in [3.05, 3.63) is 42.0 Å². The van der Waals surface area contributed by atoms with Gasteiger partial charge in [-0.3, -0.25) is 4.90 Å². The molecule has 0 fully saturated rings. The number of ether oxygens (including phenoxy) is 1. The first-order valence-corrected chi connectivity index (χ1v) is 6.45. The van der Waals surface area contributed by atoms with Crippen LogP contribution in [0.4, 0.5) is 0 Å². The molecule has 122 valence electrons. The molecule has 0 heterocycles. The van der Waals surface area contributed by atoms with Gasteiger partial charge in [-0.1, -0.05) is 12.1 Å². The summed E-state index contributed by atoms with van der Waals surface area (Å²) < 4.78 is 5.07. The average molecular weight is 311 g/mol. The smallest absolute Gasteiger partial charge is 0.328 e. The Morgan fingerprint density at radius 2 is 1.64 bits per heavy atom. The van der Waals surface area contributed by atoms with Crippen LogP contribution in [-0.4, -0.2) is 59.5 Å². The van der Waals surface area contributed by atoms with Gasteiger partial charge >= 0.3 is 11.9 Å². The van der Waals surface area contributed by atoms with E-state index < -0.39 is 11.9 Å². The molecule has 0 aliphatic carbocycles. The lowest BCUT2D eigenvalue weighted by molar-refractivity contribution is -0.134. The maximum absolute atomic E-state index is 9.55.